The average Bonchev–Trinajstić information content (AvgIpc) is 2.63. The molecular formula is C21H25FN2O. The van der Waals surface area contributed by atoms with E-state index in [0.29, 0.717) is 25.1 Å². The highest BCUT2D eigenvalue weighted by molar-refractivity contribution is 5.77. The van der Waals surface area contributed by atoms with Gasteiger partial charge in [0.1, 0.15) is 5.82 Å². The highest BCUT2D eigenvalue weighted by Gasteiger charge is 2.30. The fourth-order valence-electron chi connectivity index (χ4n) is 3.47. The zero-order valence-electron chi connectivity index (χ0n) is 14.9. The third kappa shape index (κ3) is 4.07. The van der Waals surface area contributed by atoms with Gasteiger partial charge >= 0.3 is 0 Å². The Labute approximate surface area is 149 Å². The molecule has 2 aromatic rings. The van der Waals surface area contributed by atoms with Crippen molar-refractivity contribution < 1.29 is 9.18 Å². The van der Waals surface area contributed by atoms with Crippen LogP contribution in [0.15, 0.2) is 54.6 Å². The molecule has 0 bridgehead atoms. The molecule has 1 aliphatic rings. The maximum absolute atomic E-state index is 14.2. The van der Waals surface area contributed by atoms with Gasteiger partial charge in [0.25, 0.3) is 0 Å². The Morgan fingerprint density at radius 3 is 2.52 bits per heavy atom. The van der Waals surface area contributed by atoms with E-state index in [1.54, 1.807) is 6.07 Å². The van der Waals surface area contributed by atoms with E-state index in [2.05, 4.69) is 24.0 Å². The summed E-state index contributed by atoms with van der Waals surface area (Å²) < 4.78 is 14.2. The summed E-state index contributed by atoms with van der Waals surface area (Å²) in [6.07, 6.45) is 0.484. The molecule has 0 aliphatic carbocycles. The van der Waals surface area contributed by atoms with E-state index in [1.807, 2.05) is 42.3 Å². The van der Waals surface area contributed by atoms with Crippen molar-refractivity contribution in [2.75, 3.05) is 26.7 Å². The van der Waals surface area contributed by atoms with E-state index in [9.17, 15) is 9.18 Å². The number of benzene rings is 2. The van der Waals surface area contributed by atoms with Gasteiger partial charge in [0.15, 0.2) is 0 Å². The summed E-state index contributed by atoms with van der Waals surface area (Å²) in [4.78, 5) is 16.8. The Morgan fingerprint density at radius 1 is 1.12 bits per heavy atom. The van der Waals surface area contributed by atoms with Gasteiger partial charge in [-0.1, -0.05) is 55.5 Å². The summed E-state index contributed by atoms with van der Waals surface area (Å²) in [6, 6.07) is 16.9. The highest BCUT2D eigenvalue weighted by atomic mass is 19.1. The minimum absolute atomic E-state index is 0.0917. The second-order valence-corrected chi connectivity index (χ2v) is 6.87. The Bertz CT molecular complexity index is 719. The van der Waals surface area contributed by atoms with Crippen LogP contribution in [-0.2, 0) is 4.79 Å². The Morgan fingerprint density at radius 2 is 1.80 bits per heavy atom. The van der Waals surface area contributed by atoms with Gasteiger partial charge in [-0.3, -0.25) is 9.69 Å². The van der Waals surface area contributed by atoms with Crippen LogP contribution in [0.25, 0.3) is 0 Å². The predicted molar refractivity (Wildman–Crippen MR) is 97.8 cm³/mol. The van der Waals surface area contributed by atoms with Gasteiger partial charge in [0, 0.05) is 31.6 Å². The third-order valence-corrected chi connectivity index (χ3v) is 5.11. The third-order valence-electron chi connectivity index (χ3n) is 5.11. The largest absolute Gasteiger partial charge is 0.339 e. The molecule has 1 aliphatic heterocycles. The lowest BCUT2D eigenvalue weighted by Gasteiger charge is -2.40. The van der Waals surface area contributed by atoms with Crippen molar-refractivity contribution in [2.45, 2.75) is 25.3 Å². The first-order chi connectivity index (χ1) is 12.1. The molecule has 0 radical (unpaired) electrons. The van der Waals surface area contributed by atoms with Crippen LogP contribution in [0.3, 0.4) is 0 Å². The predicted octanol–water partition coefficient (Wildman–Crippen LogP) is 3.83. The van der Waals surface area contributed by atoms with Crippen molar-refractivity contribution in [3.8, 4) is 0 Å². The molecule has 0 saturated carbocycles. The zero-order chi connectivity index (χ0) is 17.8. The van der Waals surface area contributed by atoms with Crippen molar-refractivity contribution in [1.29, 1.82) is 0 Å². The average molecular weight is 340 g/mol. The lowest BCUT2D eigenvalue weighted by Crippen LogP contribution is -2.49. The van der Waals surface area contributed by atoms with Crippen LogP contribution >= 0.6 is 0 Å². The fourth-order valence-corrected chi connectivity index (χ4v) is 3.47. The molecule has 3 rings (SSSR count). The van der Waals surface area contributed by atoms with E-state index in [4.69, 9.17) is 0 Å². The first-order valence-electron chi connectivity index (χ1n) is 8.83. The van der Waals surface area contributed by atoms with Crippen LogP contribution in [-0.4, -0.2) is 42.4 Å². The number of hydrogen-bond acceptors (Lipinski definition) is 2. The standard InChI is InChI=1S/C21H25FN2O/c1-16(17-8-4-3-5-9-17)14-21(25)24-13-12-23(2)20(15-24)18-10-6-7-11-19(18)22/h3-11,16,20H,12-15H2,1-2H3. The summed E-state index contributed by atoms with van der Waals surface area (Å²) in [5, 5.41) is 0. The molecule has 132 valence electrons. The van der Waals surface area contributed by atoms with Crippen LogP contribution < -0.4 is 0 Å². The smallest absolute Gasteiger partial charge is 0.223 e. The zero-order valence-corrected chi connectivity index (χ0v) is 14.9. The number of amides is 1. The van der Waals surface area contributed by atoms with Crippen molar-refractivity contribution >= 4 is 5.91 Å². The van der Waals surface area contributed by atoms with Crippen molar-refractivity contribution in [1.82, 2.24) is 9.80 Å². The van der Waals surface area contributed by atoms with Gasteiger partial charge in [0.2, 0.25) is 5.91 Å². The lowest BCUT2D eigenvalue weighted by atomic mass is 9.96. The van der Waals surface area contributed by atoms with Gasteiger partial charge in [-0.25, -0.2) is 4.39 Å². The van der Waals surface area contributed by atoms with Crippen molar-refractivity contribution in [2.24, 2.45) is 0 Å². The normalized spacial score (nSPS) is 19.6. The quantitative estimate of drug-likeness (QED) is 0.844. The van der Waals surface area contributed by atoms with E-state index < -0.39 is 0 Å². The van der Waals surface area contributed by atoms with Gasteiger partial charge in [-0.05, 0) is 24.6 Å². The van der Waals surface area contributed by atoms with Crippen LogP contribution in [0.5, 0.6) is 0 Å². The van der Waals surface area contributed by atoms with Crippen molar-refractivity contribution in [3.63, 3.8) is 0 Å². The number of halogens is 1. The minimum atomic E-state index is -0.202. The van der Waals surface area contributed by atoms with Crippen LogP contribution in [0.2, 0.25) is 0 Å². The molecule has 0 spiro atoms. The van der Waals surface area contributed by atoms with Gasteiger partial charge in [0.05, 0.1) is 6.04 Å². The van der Waals surface area contributed by atoms with E-state index >= 15 is 0 Å². The Kier molecular flexibility index (Phi) is 5.49. The van der Waals surface area contributed by atoms with Crippen LogP contribution in [0.4, 0.5) is 4.39 Å². The molecule has 1 heterocycles. The lowest BCUT2D eigenvalue weighted by molar-refractivity contribution is -0.134. The first kappa shape index (κ1) is 17.6. The number of likely N-dealkylation sites (N-methyl/N-ethyl adjacent to an activating group) is 1. The first-order valence-corrected chi connectivity index (χ1v) is 8.83. The van der Waals surface area contributed by atoms with Gasteiger partial charge < -0.3 is 4.90 Å². The fraction of sp³-hybridized carbons (Fsp3) is 0.381. The van der Waals surface area contributed by atoms with Gasteiger partial charge in [-0.15, -0.1) is 0 Å². The maximum Gasteiger partial charge on any atom is 0.223 e. The van der Waals surface area contributed by atoms with E-state index in [-0.39, 0.29) is 23.7 Å². The molecule has 2 unspecified atom stereocenters. The summed E-state index contributed by atoms with van der Waals surface area (Å²) >= 11 is 0. The van der Waals surface area contributed by atoms with Crippen LogP contribution in [0, 0.1) is 5.82 Å². The molecule has 0 aromatic heterocycles. The molecule has 0 N–H and O–H groups in total. The van der Waals surface area contributed by atoms with Gasteiger partial charge in [-0.2, -0.15) is 0 Å². The van der Waals surface area contributed by atoms with E-state index in [1.165, 1.54) is 11.6 Å². The summed E-state index contributed by atoms with van der Waals surface area (Å²) in [6.45, 7) is 4.07. The number of carbonyl (C=O) groups excluding carboxylic acids is 1. The topological polar surface area (TPSA) is 23.6 Å². The Hall–Kier alpha value is -2.20. The number of carbonyl (C=O) groups is 1. The van der Waals surface area contributed by atoms with E-state index in [0.717, 1.165) is 6.54 Å². The van der Waals surface area contributed by atoms with Crippen molar-refractivity contribution in [3.05, 3.63) is 71.5 Å². The molecule has 1 fully saturated rings. The monoisotopic (exact) mass is 340 g/mol. The number of rotatable bonds is 4. The molecule has 25 heavy (non-hydrogen) atoms. The number of nitrogens with zero attached hydrogens (tertiary/aromatic N) is 2. The molecule has 4 heteroatoms. The molecular weight excluding hydrogens is 315 g/mol. The molecule has 2 atom stereocenters. The molecule has 2 aromatic carbocycles. The number of hydrogen-bond donors (Lipinski definition) is 0. The Balaban J connectivity index is 1.68. The summed E-state index contributed by atoms with van der Waals surface area (Å²) in [5.74, 6) is 0.123. The highest BCUT2D eigenvalue weighted by Crippen LogP contribution is 2.27. The SMILES string of the molecule is CC(CC(=O)N1CCN(C)C(c2ccccc2F)C1)c1ccccc1. The van der Waals surface area contributed by atoms with Crippen LogP contribution in [0.1, 0.15) is 36.4 Å². The minimum Gasteiger partial charge on any atom is -0.339 e. The second-order valence-electron chi connectivity index (χ2n) is 6.87. The number of piperazine rings is 1. The molecule has 1 amide bonds. The molecule has 1 saturated heterocycles. The summed E-state index contributed by atoms with van der Waals surface area (Å²) in [5.41, 5.74) is 1.84. The molecule has 3 nitrogen and oxygen atoms in total. The second kappa shape index (κ2) is 7.79. The maximum atomic E-state index is 14.2. The summed E-state index contributed by atoms with van der Waals surface area (Å²) in [7, 11) is 1.99.